The summed E-state index contributed by atoms with van der Waals surface area (Å²) in [6.07, 6.45) is 2.19. The summed E-state index contributed by atoms with van der Waals surface area (Å²) in [5.74, 6) is 0.833. The van der Waals surface area contributed by atoms with Gasteiger partial charge >= 0.3 is 0 Å². The number of para-hydroxylation sites is 1. The summed E-state index contributed by atoms with van der Waals surface area (Å²) in [7, 11) is 1.72. The van der Waals surface area contributed by atoms with Gasteiger partial charge in [-0.2, -0.15) is 0 Å². The van der Waals surface area contributed by atoms with Gasteiger partial charge < -0.3 is 16.0 Å². The maximum atomic E-state index is 11.9. The number of nitrogens with zero attached hydrogens (tertiary/aromatic N) is 2. The molecule has 1 aromatic heterocycles. The van der Waals surface area contributed by atoms with Gasteiger partial charge in [-0.05, 0) is 23.3 Å². The molecule has 0 bridgehead atoms. The third kappa shape index (κ3) is 5.31. The highest BCUT2D eigenvalue weighted by atomic mass is 127. The van der Waals surface area contributed by atoms with Crippen LogP contribution in [-0.2, 0) is 11.3 Å². The summed E-state index contributed by atoms with van der Waals surface area (Å²) in [6.45, 7) is 1.22. The number of anilines is 1. The number of rotatable bonds is 4. The van der Waals surface area contributed by atoms with Gasteiger partial charge in [0.1, 0.15) is 5.15 Å². The number of hydrogen-bond acceptors (Lipinski definition) is 3. The van der Waals surface area contributed by atoms with Crippen molar-refractivity contribution in [2.75, 3.05) is 18.9 Å². The lowest BCUT2D eigenvalue weighted by atomic mass is 9.90. The average molecular weight is 486 g/mol. The minimum atomic E-state index is 0. The van der Waals surface area contributed by atoms with Gasteiger partial charge in [-0.25, -0.2) is 4.98 Å². The van der Waals surface area contributed by atoms with Crippen molar-refractivity contribution in [2.45, 2.75) is 18.9 Å². The molecule has 1 aliphatic rings. The van der Waals surface area contributed by atoms with Crippen molar-refractivity contribution in [2.24, 2.45) is 4.99 Å². The summed E-state index contributed by atoms with van der Waals surface area (Å²) < 4.78 is 0. The van der Waals surface area contributed by atoms with Gasteiger partial charge in [-0.1, -0.05) is 35.9 Å². The number of halogens is 2. The Morgan fingerprint density at radius 1 is 1.31 bits per heavy atom. The molecular formula is C18H21ClIN5O. The first-order valence-electron chi connectivity index (χ1n) is 8.09. The van der Waals surface area contributed by atoms with Gasteiger partial charge in [0, 0.05) is 44.4 Å². The normalized spacial score (nSPS) is 16.2. The van der Waals surface area contributed by atoms with Gasteiger partial charge in [-0.15, -0.1) is 24.0 Å². The van der Waals surface area contributed by atoms with E-state index in [1.165, 1.54) is 0 Å². The predicted molar refractivity (Wildman–Crippen MR) is 115 cm³/mol. The monoisotopic (exact) mass is 485 g/mol. The lowest BCUT2D eigenvalue weighted by Gasteiger charge is -2.26. The molecule has 6 nitrogen and oxygen atoms in total. The van der Waals surface area contributed by atoms with E-state index in [1.54, 1.807) is 19.3 Å². The Kier molecular flexibility index (Phi) is 7.65. The first-order chi connectivity index (χ1) is 12.2. The molecule has 26 heavy (non-hydrogen) atoms. The quantitative estimate of drug-likeness (QED) is 0.269. The van der Waals surface area contributed by atoms with E-state index in [-0.39, 0.29) is 35.8 Å². The van der Waals surface area contributed by atoms with E-state index in [0.29, 0.717) is 30.6 Å². The first kappa shape index (κ1) is 20.4. The van der Waals surface area contributed by atoms with E-state index in [4.69, 9.17) is 11.6 Å². The SMILES string of the molecule is CN=C(NCc1ccc(Cl)nc1)NCC1CC(=O)Nc2ccccc21.I. The van der Waals surface area contributed by atoms with E-state index in [9.17, 15) is 4.79 Å². The fraction of sp³-hybridized carbons (Fsp3) is 0.278. The van der Waals surface area contributed by atoms with Crippen molar-refractivity contribution in [1.82, 2.24) is 15.6 Å². The average Bonchev–Trinajstić information content (AvgIpc) is 2.63. The number of aromatic nitrogens is 1. The molecule has 138 valence electrons. The molecule has 3 N–H and O–H groups in total. The van der Waals surface area contributed by atoms with E-state index in [1.807, 2.05) is 24.3 Å². The number of fused-ring (bicyclic) bond motifs is 1. The molecular weight excluding hydrogens is 465 g/mol. The second-order valence-electron chi connectivity index (χ2n) is 5.83. The number of carbonyl (C=O) groups excluding carboxylic acids is 1. The maximum absolute atomic E-state index is 11.9. The first-order valence-corrected chi connectivity index (χ1v) is 8.47. The predicted octanol–water partition coefficient (Wildman–Crippen LogP) is 3.14. The number of amides is 1. The van der Waals surface area contributed by atoms with Crippen molar-refractivity contribution < 1.29 is 4.79 Å². The molecule has 0 radical (unpaired) electrons. The lowest BCUT2D eigenvalue weighted by molar-refractivity contribution is -0.116. The van der Waals surface area contributed by atoms with Crippen LogP contribution >= 0.6 is 35.6 Å². The molecule has 8 heteroatoms. The number of nitrogens with one attached hydrogen (secondary N) is 3. The molecule has 0 saturated carbocycles. The van der Waals surface area contributed by atoms with Crippen LogP contribution in [0.5, 0.6) is 0 Å². The zero-order chi connectivity index (χ0) is 17.6. The molecule has 2 heterocycles. The van der Waals surface area contributed by atoms with Gasteiger partial charge in [-0.3, -0.25) is 9.79 Å². The molecule has 1 atom stereocenters. The summed E-state index contributed by atoms with van der Waals surface area (Å²) in [5.41, 5.74) is 3.04. The van der Waals surface area contributed by atoms with E-state index < -0.39 is 0 Å². The fourth-order valence-electron chi connectivity index (χ4n) is 2.82. The van der Waals surface area contributed by atoms with Crippen LogP contribution in [0.3, 0.4) is 0 Å². The topological polar surface area (TPSA) is 78.4 Å². The van der Waals surface area contributed by atoms with Crippen LogP contribution < -0.4 is 16.0 Å². The summed E-state index contributed by atoms with van der Waals surface area (Å²) in [6, 6.07) is 11.6. The Bertz CT molecular complexity index is 781. The number of aliphatic imine (C=N–C) groups is 1. The highest BCUT2D eigenvalue weighted by Crippen LogP contribution is 2.31. The van der Waals surface area contributed by atoms with E-state index >= 15 is 0 Å². The Labute approximate surface area is 174 Å². The van der Waals surface area contributed by atoms with Gasteiger partial charge in [0.2, 0.25) is 5.91 Å². The van der Waals surface area contributed by atoms with Crippen molar-refractivity contribution in [1.29, 1.82) is 0 Å². The Balaban J connectivity index is 0.00000243. The van der Waals surface area contributed by atoms with Crippen LogP contribution in [0.2, 0.25) is 5.15 Å². The Hall–Kier alpha value is -1.87. The number of carbonyl (C=O) groups is 1. The van der Waals surface area contributed by atoms with Crippen molar-refractivity contribution in [3.05, 3.63) is 58.9 Å². The number of guanidine groups is 1. The second kappa shape index (κ2) is 9.72. The maximum Gasteiger partial charge on any atom is 0.225 e. The molecule has 0 saturated heterocycles. The van der Waals surface area contributed by atoms with Crippen LogP contribution in [0.4, 0.5) is 5.69 Å². The molecule has 1 amide bonds. The van der Waals surface area contributed by atoms with Crippen LogP contribution in [0.15, 0.2) is 47.6 Å². The molecule has 3 rings (SSSR count). The molecule has 0 fully saturated rings. The van der Waals surface area contributed by atoms with Gasteiger partial charge in [0.05, 0.1) is 0 Å². The zero-order valence-electron chi connectivity index (χ0n) is 14.3. The summed E-state index contributed by atoms with van der Waals surface area (Å²) in [4.78, 5) is 20.2. The minimum Gasteiger partial charge on any atom is -0.356 e. The van der Waals surface area contributed by atoms with Gasteiger partial charge in [0.25, 0.3) is 0 Å². The summed E-state index contributed by atoms with van der Waals surface area (Å²) >= 11 is 5.79. The van der Waals surface area contributed by atoms with Crippen LogP contribution in [-0.4, -0.2) is 30.4 Å². The zero-order valence-corrected chi connectivity index (χ0v) is 17.4. The van der Waals surface area contributed by atoms with Crippen molar-refractivity contribution in [3.63, 3.8) is 0 Å². The number of benzene rings is 1. The molecule has 1 aromatic carbocycles. The van der Waals surface area contributed by atoms with E-state index in [2.05, 4.69) is 32.0 Å². The number of hydrogen-bond donors (Lipinski definition) is 3. The van der Waals surface area contributed by atoms with Crippen LogP contribution in [0.25, 0.3) is 0 Å². The molecule has 2 aromatic rings. The third-order valence-corrected chi connectivity index (χ3v) is 4.32. The standard InChI is InChI=1S/C18H20ClN5O.HI/c1-20-18(22-10-12-6-7-16(19)21-9-12)23-11-13-8-17(25)24-15-5-3-2-4-14(13)15;/h2-7,9,13H,8,10-11H2,1H3,(H,24,25)(H2,20,22,23);1H. The molecule has 1 unspecified atom stereocenters. The third-order valence-electron chi connectivity index (χ3n) is 4.09. The van der Waals surface area contributed by atoms with Gasteiger partial charge in [0.15, 0.2) is 5.96 Å². The van der Waals surface area contributed by atoms with E-state index in [0.717, 1.165) is 16.8 Å². The largest absolute Gasteiger partial charge is 0.356 e. The van der Waals surface area contributed by atoms with Crippen molar-refractivity contribution >= 4 is 53.1 Å². The minimum absolute atomic E-state index is 0. The van der Waals surface area contributed by atoms with Crippen LogP contribution in [0, 0.1) is 0 Å². The number of pyridine rings is 1. The second-order valence-corrected chi connectivity index (χ2v) is 6.22. The fourth-order valence-corrected chi connectivity index (χ4v) is 2.93. The Morgan fingerprint density at radius 2 is 2.12 bits per heavy atom. The summed E-state index contributed by atoms with van der Waals surface area (Å²) in [5, 5.41) is 9.91. The Morgan fingerprint density at radius 3 is 2.85 bits per heavy atom. The highest BCUT2D eigenvalue weighted by Gasteiger charge is 2.24. The smallest absolute Gasteiger partial charge is 0.225 e. The molecule has 0 spiro atoms. The van der Waals surface area contributed by atoms with Crippen molar-refractivity contribution in [3.8, 4) is 0 Å². The molecule has 1 aliphatic heterocycles. The molecule has 0 aliphatic carbocycles. The van der Waals surface area contributed by atoms with Crippen LogP contribution in [0.1, 0.15) is 23.5 Å². The highest BCUT2D eigenvalue weighted by molar-refractivity contribution is 14.0. The lowest BCUT2D eigenvalue weighted by Crippen LogP contribution is -2.40.